The standard InChI is InChI=1S/C20H27ClN2O2.C5H11ClO2S/c1-20(2)8-7-16(14-22-9-11-23(12-10-22)19(24)25)18(13-20)15-3-5-17(21)6-4-15;1-5(2,3)4-9(6,7)8/h3-6H,7-14H2,1-2H3,(H,24,25);4H2,1-3H3. The molecule has 192 valence electrons. The summed E-state index contributed by atoms with van der Waals surface area (Å²) < 4.78 is 20.8. The summed E-state index contributed by atoms with van der Waals surface area (Å²) >= 11 is 6.06. The van der Waals surface area contributed by atoms with E-state index >= 15 is 0 Å². The molecule has 1 aromatic rings. The molecule has 6 nitrogen and oxygen atoms in total. The normalized spacial score (nSPS) is 19.4. The van der Waals surface area contributed by atoms with Gasteiger partial charge in [0.25, 0.3) is 0 Å². The molecule has 1 heterocycles. The minimum Gasteiger partial charge on any atom is -0.465 e. The molecule has 0 unspecified atom stereocenters. The average molecular weight is 534 g/mol. The highest BCUT2D eigenvalue weighted by Gasteiger charge is 2.29. The van der Waals surface area contributed by atoms with Crippen LogP contribution in [0, 0.1) is 10.8 Å². The van der Waals surface area contributed by atoms with Crippen LogP contribution in [0.25, 0.3) is 5.57 Å². The Balaban J connectivity index is 0.000000387. The lowest BCUT2D eigenvalue weighted by molar-refractivity contribution is 0.108. The van der Waals surface area contributed by atoms with Gasteiger partial charge in [0.05, 0.1) is 5.75 Å². The fraction of sp³-hybridized carbons (Fsp3) is 0.640. The van der Waals surface area contributed by atoms with E-state index in [2.05, 4.69) is 30.9 Å². The Labute approximate surface area is 214 Å². The Morgan fingerprint density at radius 3 is 2.09 bits per heavy atom. The zero-order valence-electron chi connectivity index (χ0n) is 20.9. The maximum Gasteiger partial charge on any atom is 0.407 e. The minimum absolute atomic E-state index is 0.0293. The first-order chi connectivity index (χ1) is 15.5. The van der Waals surface area contributed by atoms with Crippen LogP contribution in [-0.4, -0.2) is 67.9 Å². The molecule has 1 saturated heterocycles. The van der Waals surface area contributed by atoms with Gasteiger partial charge in [-0.1, -0.05) is 63.9 Å². The second-order valence-corrected chi connectivity index (χ2v) is 14.4. The molecular weight excluding hydrogens is 495 g/mol. The van der Waals surface area contributed by atoms with Gasteiger partial charge in [-0.2, -0.15) is 0 Å². The van der Waals surface area contributed by atoms with Gasteiger partial charge in [0, 0.05) is 48.4 Å². The van der Waals surface area contributed by atoms with Crippen molar-refractivity contribution in [3.63, 3.8) is 0 Å². The number of carbonyl (C=O) groups is 1. The third kappa shape index (κ3) is 10.1. The second-order valence-electron chi connectivity index (χ2n) is 11.2. The number of nitrogens with zero attached hydrogens (tertiary/aromatic N) is 2. The van der Waals surface area contributed by atoms with Gasteiger partial charge in [-0.15, -0.1) is 0 Å². The minimum atomic E-state index is -3.31. The van der Waals surface area contributed by atoms with Gasteiger partial charge in [0.15, 0.2) is 0 Å². The van der Waals surface area contributed by atoms with E-state index in [9.17, 15) is 13.2 Å². The number of carboxylic acid groups (broad SMARTS) is 1. The van der Waals surface area contributed by atoms with Crippen LogP contribution in [0.3, 0.4) is 0 Å². The van der Waals surface area contributed by atoms with E-state index in [0.29, 0.717) is 18.5 Å². The lowest BCUT2D eigenvalue weighted by Gasteiger charge is -2.38. The molecule has 34 heavy (non-hydrogen) atoms. The summed E-state index contributed by atoms with van der Waals surface area (Å²) in [6.45, 7) is 13.9. The van der Waals surface area contributed by atoms with E-state index in [1.165, 1.54) is 28.0 Å². The molecule has 0 spiro atoms. The molecule has 0 radical (unpaired) electrons. The lowest BCUT2D eigenvalue weighted by atomic mass is 9.72. The first kappa shape index (κ1) is 29.0. The lowest BCUT2D eigenvalue weighted by Crippen LogP contribution is -2.48. The quantitative estimate of drug-likeness (QED) is 0.467. The fourth-order valence-corrected chi connectivity index (χ4v) is 6.49. The van der Waals surface area contributed by atoms with Gasteiger partial charge in [0.2, 0.25) is 9.05 Å². The molecule has 0 saturated carbocycles. The van der Waals surface area contributed by atoms with Crippen LogP contribution in [0.4, 0.5) is 4.79 Å². The molecule has 0 bridgehead atoms. The van der Waals surface area contributed by atoms with E-state index in [1.54, 1.807) is 0 Å². The molecule has 1 aliphatic carbocycles. The summed E-state index contributed by atoms with van der Waals surface area (Å²) in [5.41, 5.74) is 4.32. The van der Waals surface area contributed by atoms with Gasteiger partial charge in [-0.3, -0.25) is 4.90 Å². The molecule has 2 aliphatic rings. The number of piperazine rings is 1. The molecule has 1 amide bonds. The maximum absolute atomic E-state index is 11.1. The Hall–Kier alpha value is -1.28. The van der Waals surface area contributed by atoms with E-state index in [4.69, 9.17) is 27.4 Å². The van der Waals surface area contributed by atoms with Crippen LogP contribution in [0.15, 0.2) is 29.8 Å². The number of hydrogen-bond donors (Lipinski definition) is 1. The molecule has 0 aromatic heterocycles. The van der Waals surface area contributed by atoms with Crippen LogP contribution in [0.5, 0.6) is 0 Å². The van der Waals surface area contributed by atoms with Crippen LogP contribution < -0.4 is 0 Å². The summed E-state index contributed by atoms with van der Waals surface area (Å²) in [6, 6.07) is 8.19. The van der Waals surface area contributed by atoms with Crippen molar-refractivity contribution < 1.29 is 18.3 Å². The first-order valence-electron chi connectivity index (χ1n) is 11.6. The summed E-state index contributed by atoms with van der Waals surface area (Å²) in [7, 11) is 1.68. The van der Waals surface area contributed by atoms with E-state index in [0.717, 1.165) is 37.5 Å². The number of allylic oxidation sites excluding steroid dienone is 1. The number of benzene rings is 1. The highest BCUT2D eigenvalue weighted by molar-refractivity contribution is 8.13. The molecule has 1 fully saturated rings. The predicted molar refractivity (Wildman–Crippen MR) is 141 cm³/mol. The molecule has 0 atom stereocenters. The van der Waals surface area contributed by atoms with Crippen molar-refractivity contribution >= 4 is 43.0 Å². The maximum atomic E-state index is 11.1. The Bertz CT molecular complexity index is 975. The number of hydrogen-bond acceptors (Lipinski definition) is 4. The van der Waals surface area contributed by atoms with E-state index in [1.807, 2.05) is 32.9 Å². The monoisotopic (exact) mass is 532 g/mol. The third-order valence-electron chi connectivity index (χ3n) is 6.04. The van der Waals surface area contributed by atoms with Gasteiger partial charge in [-0.05, 0) is 53.4 Å². The van der Waals surface area contributed by atoms with Gasteiger partial charge < -0.3 is 10.0 Å². The van der Waals surface area contributed by atoms with Crippen LogP contribution >= 0.6 is 22.3 Å². The molecule has 9 heteroatoms. The second kappa shape index (κ2) is 11.6. The van der Waals surface area contributed by atoms with E-state index < -0.39 is 15.1 Å². The van der Waals surface area contributed by atoms with Crippen molar-refractivity contribution in [3.05, 3.63) is 40.4 Å². The van der Waals surface area contributed by atoms with Crippen molar-refractivity contribution in [2.75, 3.05) is 38.5 Å². The Morgan fingerprint density at radius 1 is 1.09 bits per heavy atom. The number of rotatable bonds is 4. The highest BCUT2D eigenvalue weighted by atomic mass is 35.7. The van der Waals surface area contributed by atoms with Crippen molar-refractivity contribution in [3.8, 4) is 0 Å². The largest absolute Gasteiger partial charge is 0.465 e. The Kier molecular flexibility index (Phi) is 9.91. The predicted octanol–water partition coefficient (Wildman–Crippen LogP) is 6.20. The van der Waals surface area contributed by atoms with Crippen LogP contribution in [-0.2, 0) is 9.05 Å². The first-order valence-corrected chi connectivity index (χ1v) is 14.5. The topological polar surface area (TPSA) is 77.9 Å². The molecule has 1 aliphatic heterocycles. The van der Waals surface area contributed by atoms with Crippen LogP contribution in [0.2, 0.25) is 5.02 Å². The average Bonchev–Trinajstić information content (AvgIpc) is 2.68. The molecule has 3 rings (SSSR count). The smallest absolute Gasteiger partial charge is 0.407 e. The summed E-state index contributed by atoms with van der Waals surface area (Å²) in [6.07, 6.45) is 2.60. The molecule has 1 aromatic carbocycles. The highest BCUT2D eigenvalue weighted by Crippen LogP contribution is 2.43. The fourth-order valence-electron chi connectivity index (χ4n) is 4.35. The van der Waals surface area contributed by atoms with Crippen LogP contribution in [0.1, 0.15) is 59.4 Å². The summed E-state index contributed by atoms with van der Waals surface area (Å²) in [5.74, 6) is 0.0293. The summed E-state index contributed by atoms with van der Waals surface area (Å²) in [5, 5.41) is 9.87. The SMILES string of the molecule is CC(C)(C)CS(=O)(=O)Cl.CC1(C)CCC(CN2CCN(C(=O)O)CC2)=C(c2ccc(Cl)cc2)C1. The van der Waals surface area contributed by atoms with Gasteiger partial charge >= 0.3 is 6.09 Å². The van der Waals surface area contributed by atoms with Crippen molar-refractivity contribution in [1.29, 1.82) is 0 Å². The van der Waals surface area contributed by atoms with Crippen molar-refractivity contribution in [2.45, 2.75) is 53.9 Å². The van der Waals surface area contributed by atoms with E-state index in [-0.39, 0.29) is 11.2 Å². The zero-order valence-corrected chi connectivity index (χ0v) is 23.2. The summed E-state index contributed by atoms with van der Waals surface area (Å²) in [4.78, 5) is 15.0. The third-order valence-corrected chi connectivity index (χ3v) is 7.83. The zero-order chi connectivity index (χ0) is 25.7. The number of amides is 1. The van der Waals surface area contributed by atoms with Gasteiger partial charge in [-0.25, -0.2) is 13.2 Å². The molecular formula is C25H38Cl2N2O4S. The molecule has 1 N–H and O–H groups in total. The Morgan fingerprint density at radius 2 is 1.65 bits per heavy atom. The van der Waals surface area contributed by atoms with Crippen molar-refractivity contribution in [1.82, 2.24) is 9.80 Å². The van der Waals surface area contributed by atoms with Crippen molar-refractivity contribution in [2.24, 2.45) is 10.8 Å². The number of halogens is 2. The van der Waals surface area contributed by atoms with Gasteiger partial charge in [0.1, 0.15) is 0 Å².